The number of nitrogens with zero attached hydrogens (tertiary/aromatic N) is 1. The predicted octanol–water partition coefficient (Wildman–Crippen LogP) is 13.0. The summed E-state index contributed by atoms with van der Waals surface area (Å²) in [5.74, 6) is 0. The van der Waals surface area contributed by atoms with E-state index in [-0.39, 0.29) is 0 Å². The van der Waals surface area contributed by atoms with E-state index in [1.807, 2.05) is 52.0 Å². The Morgan fingerprint density at radius 2 is 1.25 bits per heavy atom. The third kappa shape index (κ3) is 12.3. The molecule has 0 saturated heterocycles. The molecule has 0 saturated carbocycles. The van der Waals surface area contributed by atoms with Gasteiger partial charge in [-0.25, -0.2) is 0 Å². The first-order valence-electron chi connectivity index (χ1n) is 15.8. The van der Waals surface area contributed by atoms with E-state index >= 15 is 0 Å². The second-order valence-corrected chi connectivity index (χ2v) is 10.5. The van der Waals surface area contributed by atoms with E-state index in [4.69, 9.17) is 0 Å². The zero-order chi connectivity index (χ0) is 32.2. The highest BCUT2D eigenvalue weighted by Crippen LogP contribution is 2.33. The van der Waals surface area contributed by atoms with E-state index in [0.29, 0.717) is 0 Å². The SMILES string of the molecule is C/C=C\C(C)=C/C.CC.Cc1ccc(-c2ccc(N(C3=CCCC=C=C3)c3cccc(C)c3)cc2)cc1.Cc1ccccc1. The molecule has 1 heteroatoms. The highest BCUT2D eigenvalue weighted by Gasteiger charge is 2.14. The van der Waals surface area contributed by atoms with Crippen molar-refractivity contribution in [2.24, 2.45) is 0 Å². The zero-order valence-electron chi connectivity index (χ0n) is 28.1. The minimum Gasteiger partial charge on any atom is -0.310 e. The molecule has 1 nitrogen and oxygen atoms in total. The van der Waals surface area contributed by atoms with Crippen molar-refractivity contribution in [2.75, 3.05) is 4.90 Å². The van der Waals surface area contributed by atoms with Gasteiger partial charge >= 0.3 is 0 Å². The molecule has 0 spiro atoms. The number of allylic oxidation sites excluding steroid dienone is 6. The van der Waals surface area contributed by atoms with Crippen LogP contribution in [0, 0.1) is 20.8 Å². The highest BCUT2D eigenvalue weighted by molar-refractivity contribution is 5.74. The van der Waals surface area contributed by atoms with E-state index in [0.717, 1.165) is 18.5 Å². The highest BCUT2D eigenvalue weighted by atomic mass is 15.1. The van der Waals surface area contributed by atoms with Crippen molar-refractivity contribution in [1.29, 1.82) is 0 Å². The first-order chi connectivity index (χ1) is 21.4. The Morgan fingerprint density at radius 3 is 1.77 bits per heavy atom. The minimum absolute atomic E-state index is 1.03. The van der Waals surface area contributed by atoms with E-state index in [1.165, 1.54) is 44.8 Å². The second-order valence-electron chi connectivity index (χ2n) is 10.5. The fourth-order valence-corrected chi connectivity index (χ4v) is 4.41. The summed E-state index contributed by atoms with van der Waals surface area (Å²) in [6.45, 7) is 16.5. The summed E-state index contributed by atoms with van der Waals surface area (Å²) in [4.78, 5) is 2.32. The lowest BCUT2D eigenvalue weighted by molar-refractivity contribution is 1.04. The molecule has 228 valence electrons. The summed E-state index contributed by atoms with van der Waals surface area (Å²) in [5.41, 5.74) is 14.5. The van der Waals surface area contributed by atoms with Crippen LogP contribution in [0.2, 0.25) is 0 Å². The molecule has 5 rings (SSSR count). The Balaban J connectivity index is 0.000000347. The molecule has 1 aliphatic rings. The van der Waals surface area contributed by atoms with Crippen molar-refractivity contribution in [3.8, 4) is 11.1 Å². The van der Waals surface area contributed by atoms with Crippen molar-refractivity contribution in [2.45, 2.75) is 68.2 Å². The second kappa shape index (κ2) is 20.3. The molecule has 0 radical (unpaired) electrons. The van der Waals surface area contributed by atoms with E-state index in [1.54, 1.807) is 0 Å². The normalized spacial score (nSPS) is 12.0. The lowest BCUT2D eigenvalue weighted by atomic mass is 10.0. The molecule has 0 bridgehead atoms. The maximum Gasteiger partial charge on any atom is 0.0498 e. The van der Waals surface area contributed by atoms with Crippen LogP contribution in [0.15, 0.2) is 157 Å². The molecule has 1 aliphatic carbocycles. The van der Waals surface area contributed by atoms with E-state index in [9.17, 15) is 0 Å². The minimum atomic E-state index is 1.03. The molecule has 0 heterocycles. The van der Waals surface area contributed by atoms with Gasteiger partial charge in [-0.2, -0.15) is 0 Å². The van der Waals surface area contributed by atoms with Gasteiger partial charge in [0.2, 0.25) is 0 Å². The van der Waals surface area contributed by atoms with Crippen LogP contribution in [-0.2, 0) is 0 Å². The Bertz CT molecular complexity index is 1530. The summed E-state index contributed by atoms with van der Waals surface area (Å²) in [5, 5.41) is 0. The summed E-state index contributed by atoms with van der Waals surface area (Å²) in [6, 6.07) is 36.5. The van der Waals surface area contributed by atoms with Crippen LogP contribution in [0.3, 0.4) is 0 Å². The molecule has 44 heavy (non-hydrogen) atoms. The van der Waals surface area contributed by atoms with Gasteiger partial charge in [0.1, 0.15) is 0 Å². The average Bonchev–Trinajstić information content (AvgIpc) is 3.34. The number of aryl methyl sites for hydroxylation is 3. The third-order valence-corrected chi connectivity index (χ3v) is 6.87. The predicted molar refractivity (Wildman–Crippen MR) is 197 cm³/mol. The van der Waals surface area contributed by atoms with Gasteiger partial charge in [0.05, 0.1) is 0 Å². The van der Waals surface area contributed by atoms with Gasteiger partial charge < -0.3 is 4.90 Å². The van der Waals surface area contributed by atoms with Gasteiger partial charge in [0.15, 0.2) is 0 Å². The van der Waals surface area contributed by atoms with Crippen LogP contribution in [0.1, 0.15) is 64.2 Å². The fourth-order valence-electron chi connectivity index (χ4n) is 4.41. The smallest absolute Gasteiger partial charge is 0.0498 e. The summed E-state index contributed by atoms with van der Waals surface area (Å²) < 4.78 is 0. The number of hydrogen-bond donors (Lipinski definition) is 0. The van der Waals surface area contributed by atoms with Crippen LogP contribution < -0.4 is 4.90 Å². The molecule has 0 aromatic heterocycles. The first-order valence-corrected chi connectivity index (χ1v) is 15.8. The standard InChI is InChI=1S/C27H25N.C7H8.C7H12.C2H6/c1-21-12-14-23(15-13-21)24-16-18-26(19-17-24)28(25-9-5-3-4-6-10-25)27-11-7-8-22(2)20-27;1-7-5-3-2-4-6-7;1-4-6-7(3)5-2;1-2/h3,7-20H,4,6H2,1-2H3;2-6H,1H3;4-6H,1-3H3;1-2H3/b;;6-4-,7-5-;. The summed E-state index contributed by atoms with van der Waals surface area (Å²) >= 11 is 0. The Hall–Kier alpha value is -4.58. The molecule has 0 atom stereocenters. The summed E-state index contributed by atoms with van der Waals surface area (Å²) in [7, 11) is 0. The first kappa shape index (κ1) is 35.6. The van der Waals surface area contributed by atoms with Gasteiger partial charge in [0.25, 0.3) is 0 Å². The summed E-state index contributed by atoms with van der Waals surface area (Å²) in [6.07, 6.45) is 14.8. The molecule has 0 unspecified atom stereocenters. The fraction of sp³-hybridized carbons (Fsp3) is 0.233. The Morgan fingerprint density at radius 1 is 0.659 bits per heavy atom. The van der Waals surface area contributed by atoms with Gasteiger partial charge in [-0.3, -0.25) is 0 Å². The molecular formula is C43H51N. The van der Waals surface area contributed by atoms with Gasteiger partial charge in [-0.1, -0.05) is 134 Å². The average molecular weight is 582 g/mol. The molecule has 4 aromatic carbocycles. The van der Waals surface area contributed by atoms with E-state index < -0.39 is 0 Å². The Kier molecular flexibility index (Phi) is 16.5. The number of hydrogen-bond acceptors (Lipinski definition) is 1. The van der Waals surface area contributed by atoms with Crippen molar-refractivity contribution in [3.63, 3.8) is 0 Å². The van der Waals surface area contributed by atoms with E-state index in [2.05, 4.69) is 154 Å². The van der Waals surface area contributed by atoms with Crippen molar-refractivity contribution in [3.05, 3.63) is 173 Å². The van der Waals surface area contributed by atoms with Gasteiger partial charge in [0, 0.05) is 23.1 Å². The molecule has 0 fully saturated rings. The quantitative estimate of drug-likeness (QED) is 0.167. The van der Waals surface area contributed by atoms with Gasteiger partial charge in [-0.15, -0.1) is 5.73 Å². The van der Waals surface area contributed by atoms with Crippen LogP contribution in [-0.4, -0.2) is 0 Å². The zero-order valence-corrected chi connectivity index (χ0v) is 28.1. The van der Waals surface area contributed by atoms with Crippen molar-refractivity contribution >= 4 is 11.4 Å². The van der Waals surface area contributed by atoms with Crippen LogP contribution in [0.25, 0.3) is 11.1 Å². The lowest BCUT2D eigenvalue weighted by Crippen LogP contribution is -2.15. The number of benzene rings is 4. The maximum absolute atomic E-state index is 3.31. The van der Waals surface area contributed by atoms with Crippen molar-refractivity contribution in [1.82, 2.24) is 0 Å². The molecule has 0 amide bonds. The molecule has 4 aromatic rings. The maximum atomic E-state index is 3.31. The monoisotopic (exact) mass is 581 g/mol. The van der Waals surface area contributed by atoms with Crippen molar-refractivity contribution < 1.29 is 0 Å². The Labute approximate surface area is 268 Å². The third-order valence-electron chi connectivity index (χ3n) is 6.87. The van der Waals surface area contributed by atoms with Crippen LogP contribution in [0.5, 0.6) is 0 Å². The molecule has 0 N–H and O–H groups in total. The lowest BCUT2D eigenvalue weighted by Gasteiger charge is -2.26. The molecular weight excluding hydrogens is 530 g/mol. The number of anilines is 2. The van der Waals surface area contributed by atoms with Crippen LogP contribution >= 0.6 is 0 Å². The largest absolute Gasteiger partial charge is 0.310 e. The number of rotatable bonds is 5. The topological polar surface area (TPSA) is 3.24 Å². The van der Waals surface area contributed by atoms with Gasteiger partial charge in [-0.05, 0) is 101 Å². The van der Waals surface area contributed by atoms with Crippen LogP contribution in [0.4, 0.5) is 11.4 Å². The molecule has 0 aliphatic heterocycles.